The maximum atomic E-state index is 9.78. The molecule has 0 aliphatic rings. The molecule has 0 atom stereocenters. The van der Waals surface area contributed by atoms with E-state index in [4.69, 9.17) is 5.11 Å². The van der Waals surface area contributed by atoms with Crippen molar-refractivity contribution in [2.45, 2.75) is 0 Å². The van der Waals surface area contributed by atoms with Crippen molar-refractivity contribution in [2.24, 2.45) is 0 Å². The normalized spacial score (nSPS) is 10.8. The van der Waals surface area contributed by atoms with E-state index >= 15 is 0 Å². The van der Waals surface area contributed by atoms with Crippen LogP contribution in [-0.4, -0.2) is 44.5 Å². The molecular formula is C4H9O7S-3. The Morgan fingerprint density at radius 1 is 1.25 bits per heavy atom. The summed E-state index contributed by atoms with van der Waals surface area (Å²) in [6, 6.07) is 0. The molecule has 0 unspecified atom stereocenters. The summed E-state index contributed by atoms with van der Waals surface area (Å²) in [6.07, 6.45) is 0. The van der Waals surface area contributed by atoms with Gasteiger partial charge >= 0.3 is 0 Å². The third-order valence-electron chi connectivity index (χ3n) is 0.691. The predicted octanol–water partition coefficient (Wildman–Crippen LogP) is -1.65. The smallest absolute Gasteiger partial charge is 0.217 e. The quantitative estimate of drug-likeness (QED) is 0.312. The Balaban J connectivity index is 0. The van der Waals surface area contributed by atoms with Crippen molar-refractivity contribution in [3.05, 3.63) is 0 Å². The molecule has 76 valence electrons. The first-order chi connectivity index (χ1) is 5.06. The maximum Gasteiger partial charge on any atom is 0.217 e. The second-order valence-corrected chi connectivity index (χ2v) is 2.62. The van der Waals surface area contributed by atoms with Gasteiger partial charge in [0, 0.05) is 0 Å². The molecule has 0 aliphatic carbocycles. The van der Waals surface area contributed by atoms with Gasteiger partial charge in [-0.1, -0.05) is 0 Å². The molecule has 0 spiro atoms. The van der Waals surface area contributed by atoms with Crippen LogP contribution in [0.25, 0.3) is 0 Å². The average molecular weight is 201 g/mol. The fraction of sp³-hybridized carbons (Fsp3) is 1.00. The molecule has 0 saturated carbocycles. The molecule has 1 N–H and O–H groups in total. The standard InChI is InChI=1S/C4H10O6S.O/c5-1-2-9-3-4-10-11(6,7)8;/h5H,1-4H2,(H,6,7,8);/q;-2/p-1. The molecule has 0 aromatic heterocycles. The van der Waals surface area contributed by atoms with Crippen molar-refractivity contribution < 1.29 is 32.5 Å². The summed E-state index contributed by atoms with van der Waals surface area (Å²) >= 11 is 0. The minimum Gasteiger partial charge on any atom is -2.00 e. The third-order valence-corrected chi connectivity index (χ3v) is 1.15. The lowest BCUT2D eigenvalue weighted by Crippen LogP contribution is -2.11. The van der Waals surface area contributed by atoms with E-state index in [-0.39, 0.29) is 31.9 Å². The van der Waals surface area contributed by atoms with Crippen LogP contribution in [-0.2, 0) is 24.8 Å². The highest BCUT2D eigenvalue weighted by Gasteiger charge is 1.93. The molecule has 0 aliphatic heterocycles. The monoisotopic (exact) mass is 201 g/mol. The van der Waals surface area contributed by atoms with Gasteiger partial charge in [0.05, 0.1) is 26.4 Å². The highest BCUT2D eigenvalue weighted by atomic mass is 32.3. The second-order valence-electron chi connectivity index (χ2n) is 1.57. The lowest BCUT2D eigenvalue weighted by Gasteiger charge is -2.06. The molecule has 0 radical (unpaired) electrons. The molecule has 12 heavy (non-hydrogen) atoms. The first-order valence-corrected chi connectivity index (χ1v) is 4.18. The van der Waals surface area contributed by atoms with E-state index in [1.165, 1.54) is 0 Å². The van der Waals surface area contributed by atoms with Crippen molar-refractivity contribution in [3.63, 3.8) is 0 Å². The van der Waals surface area contributed by atoms with Crippen molar-refractivity contribution in [1.82, 2.24) is 0 Å². The van der Waals surface area contributed by atoms with Crippen LogP contribution < -0.4 is 0 Å². The summed E-state index contributed by atoms with van der Waals surface area (Å²) in [4.78, 5) is 0. The Morgan fingerprint density at radius 3 is 2.25 bits per heavy atom. The highest BCUT2D eigenvalue weighted by molar-refractivity contribution is 7.80. The number of hydrogen-bond donors (Lipinski definition) is 1. The van der Waals surface area contributed by atoms with E-state index in [1.54, 1.807) is 0 Å². The van der Waals surface area contributed by atoms with Gasteiger partial charge in [-0.15, -0.1) is 0 Å². The second kappa shape index (κ2) is 7.40. The molecular weight excluding hydrogens is 192 g/mol. The van der Waals surface area contributed by atoms with E-state index in [2.05, 4.69) is 8.92 Å². The summed E-state index contributed by atoms with van der Waals surface area (Å²) in [7, 11) is -4.60. The van der Waals surface area contributed by atoms with Crippen LogP contribution in [0.1, 0.15) is 0 Å². The van der Waals surface area contributed by atoms with Crippen LogP contribution in [0.4, 0.5) is 0 Å². The minimum atomic E-state index is -4.60. The lowest BCUT2D eigenvalue weighted by atomic mass is 10.7. The largest absolute Gasteiger partial charge is 2.00 e. The first-order valence-electron chi connectivity index (χ1n) is 2.85. The Labute approximate surface area is 70.2 Å². The number of rotatable bonds is 6. The molecule has 0 saturated heterocycles. The lowest BCUT2D eigenvalue weighted by molar-refractivity contribution is 0.0688. The van der Waals surface area contributed by atoms with Crippen LogP contribution in [0.3, 0.4) is 0 Å². The van der Waals surface area contributed by atoms with Crippen LogP contribution in [0.2, 0.25) is 0 Å². The summed E-state index contributed by atoms with van der Waals surface area (Å²) in [5, 5.41) is 8.18. The number of ether oxygens (including phenoxy) is 1. The van der Waals surface area contributed by atoms with E-state index < -0.39 is 10.4 Å². The third kappa shape index (κ3) is 12.4. The molecule has 0 aromatic carbocycles. The van der Waals surface area contributed by atoms with Crippen LogP contribution in [0.5, 0.6) is 0 Å². The zero-order valence-electron chi connectivity index (χ0n) is 6.13. The minimum absolute atomic E-state index is 0. The van der Waals surface area contributed by atoms with Gasteiger partial charge in [-0.05, 0) is 0 Å². The number of hydrogen-bond acceptors (Lipinski definition) is 6. The molecule has 0 fully saturated rings. The van der Waals surface area contributed by atoms with Gasteiger partial charge < -0.3 is 19.9 Å². The summed E-state index contributed by atoms with van der Waals surface area (Å²) in [6.45, 7) is -0.389. The molecule has 0 bridgehead atoms. The van der Waals surface area contributed by atoms with Gasteiger partial charge in [-0.3, -0.25) is 4.18 Å². The Hall–Kier alpha value is -0.250. The zero-order valence-corrected chi connectivity index (χ0v) is 6.95. The van der Waals surface area contributed by atoms with Gasteiger partial charge in [0.1, 0.15) is 0 Å². The predicted molar refractivity (Wildman–Crippen MR) is 34.2 cm³/mol. The van der Waals surface area contributed by atoms with Crippen LogP contribution >= 0.6 is 0 Å². The van der Waals surface area contributed by atoms with Gasteiger partial charge in [0.2, 0.25) is 10.4 Å². The maximum absolute atomic E-state index is 9.78. The summed E-state index contributed by atoms with van der Waals surface area (Å²) < 4.78 is 37.7. The number of aliphatic hydroxyl groups is 1. The Morgan fingerprint density at radius 2 is 1.83 bits per heavy atom. The molecule has 0 rings (SSSR count). The average Bonchev–Trinajstić information content (AvgIpc) is 1.85. The molecule has 0 heterocycles. The van der Waals surface area contributed by atoms with Gasteiger partial charge in [0.15, 0.2) is 0 Å². The Kier molecular flexibility index (Phi) is 8.81. The number of aliphatic hydroxyl groups excluding tert-OH is 1. The highest BCUT2D eigenvalue weighted by Crippen LogP contribution is 1.85. The van der Waals surface area contributed by atoms with Gasteiger partial charge in [-0.25, -0.2) is 8.42 Å². The van der Waals surface area contributed by atoms with E-state index in [9.17, 15) is 13.0 Å². The molecule has 0 aromatic rings. The van der Waals surface area contributed by atoms with E-state index in [0.717, 1.165) is 0 Å². The SMILES string of the molecule is O=S(=O)([O-])OCCOCCO.[O-2]. The van der Waals surface area contributed by atoms with Crippen LogP contribution in [0, 0.1) is 0 Å². The van der Waals surface area contributed by atoms with E-state index in [0.29, 0.717) is 0 Å². The topological polar surface area (TPSA) is 124 Å². The summed E-state index contributed by atoms with van der Waals surface area (Å²) in [5.74, 6) is 0. The fourth-order valence-corrected chi connectivity index (χ4v) is 0.634. The Bertz CT molecular complexity index is 174. The van der Waals surface area contributed by atoms with Crippen molar-refractivity contribution >= 4 is 10.4 Å². The molecule has 0 amide bonds. The fourth-order valence-electron chi connectivity index (χ4n) is 0.362. The van der Waals surface area contributed by atoms with Crippen molar-refractivity contribution in [3.8, 4) is 0 Å². The molecule has 7 nitrogen and oxygen atoms in total. The first kappa shape index (κ1) is 14.3. The van der Waals surface area contributed by atoms with Crippen molar-refractivity contribution in [1.29, 1.82) is 0 Å². The zero-order chi connectivity index (χ0) is 8.74. The van der Waals surface area contributed by atoms with Gasteiger partial charge in [-0.2, -0.15) is 0 Å². The van der Waals surface area contributed by atoms with Crippen LogP contribution in [0.15, 0.2) is 0 Å². The van der Waals surface area contributed by atoms with E-state index in [1.807, 2.05) is 0 Å². The van der Waals surface area contributed by atoms with Gasteiger partial charge in [0.25, 0.3) is 0 Å². The summed E-state index contributed by atoms with van der Waals surface area (Å²) in [5.41, 5.74) is 0. The molecule has 8 heteroatoms. The van der Waals surface area contributed by atoms with Crippen molar-refractivity contribution in [2.75, 3.05) is 26.4 Å².